The van der Waals surface area contributed by atoms with Gasteiger partial charge in [-0.05, 0) is 71.8 Å². The third-order valence-electron chi connectivity index (χ3n) is 8.25. The van der Waals surface area contributed by atoms with E-state index in [-0.39, 0.29) is 22.8 Å². The molecular formula is C32H36N2O4Si. The lowest BCUT2D eigenvalue weighted by atomic mass is 9.99. The summed E-state index contributed by atoms with van der Waals surface area (Å²) in [7, 11) is -2.18. The van der Waals surface area contributed by atoms with Gasteiger partial charge in [0.25, 0.3) is 0 Å². The lowest BCUT2D eigenvalue weighted by Crippen LogP contribution is -2.43. The highest BCUT2D eigenvalue weighted by Crippen LogP contribution is 2.45. The quantitative estimate of drug-likeness (QED) is 0.240. The van der Waals surface area contributed by atoms with Crippen LogP contribution >= 0.6 is 0 Å². The van der Waals surface area contributed by atoms with Gasteiger partial charge in [-0.15, -0.1) is 0 Å². The van der Waals surface area contributed by atoms with Crippen LogP contribution in [0.25, 0.3) is 22.6 Å². The second-order valence-electron chi connectivity index (χ2n) is 12.0. The first kappa shape index (κ1) is 27.0. The Morgan fingerprint density at radius 1 is 1.03 bits per heavy atom. The highest BCUT2D eigenvalue weighted by Gasteiger charge is 2.44. The normalized spacial score (nSPS) is 16.2. The molecule has 0 saturated carbocycles. The Balaban J connectivity index is 1.48. The number of fused-ring (bicyclic) bond motifs is 1. The van der Waals surface area contributed by atoms with E-state index >= 15 is 0 Å². The van der Waals surface area contributed by atoms with Crippen LogP contribution in [-0.2, 0) is 17.3 Å². The summed E-state index contributed by atoms with van der Waals surface area (Å²) < 4.78 is 13.3. The summed E-state index contributed by atoms with van der Waals surface area (Å²) in [5, 5.41) is 9.55. The van der Waals surface area contributed by atoms with Crippen molar-refractivity contribution >= 4 is 14.3 Å². The summed E-state index contributed by atoms with van der Waals surface area (Å²) in [5.41, 5.74) is 6.16. The van der Waals surface area contributed by atoms with Gasteiger partial charge in [0, 0.05) is 5.92 Å². The molecule has 0 saturated heterocycles. The predicted octanol–water partition coefficient (Wildman–Crippen LogP) is 7.89. The van der Waals surface area contributed by atoms with E-state index in [1.54, 1.807) is 25.3 Å². The second-order valence-corrected chi connectivity index (χ2v) is 16.8. The molecule has 0 fully saturated rings. The monoisotopic (exact) mass is 540 g/mol. The van der Waals surface area contributed by atoms with Crippen molar-refractivity contribution in [1.29, 1.82) is 0 Å². The second kappa shape index (κ2) is 10.2. The number of rotatable bonds is 7. The Kier molecular flexibility index (Phi) is 7.07. The summed E-state index contributed by atoms with van der Waals surface area (Å²) in [6, 6.07) is 20.7. The van der Waals surface area contributed by atoms with Crippen molar-refractivity contribution in [1.82, 2.24) is 9.97 Å². The fourth-order valence-electron chi connectivity index (χ4n) is 4.94. The molecule has 202 valence electrons. The lowest BCUT2D eigenvalue weighted by Gasteiger charge is -2.40. The average molecular weight is 541 g/mol. The molecule has 1 aliphatic rings. The predicted molar refractivity (Wildman–Crippen MR) is 155 cm³/mol. The summed E-state index contributed by atoms with van der Waals surface area (Å²) >= 11 is 0. The summed E-state index contributed by atoms with van der Waals surface area (Å²) in [5.74, 6) is 0.0763. The standard InChI is InChI=1S/C32H36N2O4Si/c1-20-12-15-26(34-28(20)31(35)36)27-19-33-30(37-27)29(38-39(5,6)32(2,3)4)25-17-23-14-13-22(16-24(23)18-25)21-10-8-7-9-11-21/h7-16,19,25,29H,17-18H2,1-6H3,(H,35,36). The molecule has 0 aliphatic heterocycles. The first-order valence-electron chi connectivity index (χ1n) is 13.4. The zero-order valence-electron chi connectivity index (χ0n) is 23.5. The van der Waals surface area contributed by atoms with E-state index in [1.807, 2.05) is 6.07 Å². The van der Waals surface area contributed by atoms with Crippen molar-refractivity contribution < 1.29 is 18.7 Å². The van der Waals surface area contributed by atoms with Gasteiger partial charge in [0.1, 0.15) is 11.8 Å². The first-order valence-corrected chi connectivity index (χ1v) is 16.4. The van der Waals surface area contributed by atoms with E-state index in [4.69, 9.17) is 8.84 Å². The number of nitrogens with zero attached hydrogens (tertiary/aromatic N) is 2. The van der Waals surface area contributed by atoms with E-state index in [9.17, 15) is 9.90 Å². The van der Waals surface area contributed by atoms with Gasteiger partial charge in [-0.1, -0.05) is 75.4 Å². The highest BCUT2D eigenvalue weighted by molar-refractivity contribution is 6.74. The Morgan fingerprint density at radius 2 is 1.74 bits per heavy atom. The Labute approximate surface area is 231 Å². The van der Waals surface area contributed by atoms with Gasteiger partial charge in [-0.3, -0.25) is 0 Å². The molecule has 5 rings (SSSR count). The minimum Gasteiger partial charge on any atom is -0.477 e. The maximum atomic E-state index is 11.6. The molecule has 2 aromatic heterocycles. The molecule has 39 heavy (non-hydrogen) atoms. The zero-order valence-corrected chi connectivity index (χ0v) is 24.5. The number of aryl methyl sites for hydroxylation is 1. The number of carboxylic acids is 1. The van der Waals surface area contributed by atoms with Crippen molar-refractivity contribution in [2.45, 2.75) is 64.8 Å². The van der Waals surface area contributed by atoms with Gasteiger partial charge in [-0.25, -0.2) is 14.8 Å². The molecule has 1 aliphatic carbocycles. The maximum absolute atomic E-state index is 11.6. The largest absolute Gasteiger partial charge is 0.477 e. The molecule has 0 radical (unpaired) electrons. The van der Waals surface area contributed by atoms with E-state index in [2.05, 4.69) is 86.3 Å². The van der Waals surface area contributed by atoms with Gasteiger partial charge in [0.2, 0.25) is 5.89 Å². The third kappa shape index (κ3) is 5.47. The first-order chi connectivity index (χ1) is 18.4. The highest BCUT2D eigenvalue weighted by atomic mass is 28.4. The van der Waals surface area contributed by atoms with Crippen LogP contribution in [0.4, 0.5) is 0 Å². The van der Waals surface area contributed by atoms with Gasteiger partial charge < -0.3 is 13.9 Å². The van der Waals surface area contributed by atoms with Gasteiger partial charge in [0.15, 0.2) is 19.8 Å². The Hall–Kier alpha value is -3.55. The average Bonchev–Trinajstić information content (AvgIpc) is 3.54. The molecule has 2 unspecified atom stereocenters. The molecule has 4 aromatic rings. The van der Waals surface area contributed by atoms with E-state index in [1.165, 1.54) is 22.3 Å². The van der Waals surface area contributed by atoms with Crippen molar-refractivity contribution in [3.8, 4) is 22.6 Å². The number of benzene rings is 2. The number of carboxylic acid groups (broad SMARTS) is 1. The number of aromatic carboxylic acids is 1. The molecule has 2 heterocycles. The SMILES string of the molecule is Cc1ccc(-c2cnc(C(O[Si](C)(C)C(C)(C)C)C3Cc4ccc(-c5ccccc5)cc4C3)o2)nc1C(=O)O. The van der Waals surface area contributed by atoms with Crippen LogP contribution in [0.2, 0.25) is 18.1 Å². The topological polar surface area (TPSA) is 85.5 Å². The molecule has 2 atom stereocenters. The maximum Gasteiger partial charge on any atom is 0.354 e. The molecule has 2 aromatic carbocycles. The van der Waals surface area contributed by atoms with Crippen molar-refractivity contribution in [3.63, 3.8) is 0 Å². The molecule has 0 bridgehead atoms. The molecule has 0 amide bonds. The number of hydrogen-bond donors (Lipinski definition) is 1. The Bertz CT molecular complexity index is 1500. The minimum atomic E-state index is -2.18. The molecular weight excluding hydrogens is 504 g/mol. The van der Waals surface area contributed by atoms with E-state index in [0.29, 0.717) is 22.9 Å². The van der Waals surface area contributed by atoms with Gasteiger partial charge in [-0.2, -0.15) is 0 Å². The van der Waals surface area contributed by atoms with Crippen molar-refractivity contribution in [3.05, 3.63) is 95.1 Å². The number of oxazole rings is 1. The number of carbonyl (C=O) groups is 1. The van der Waals surface area contributed by atoms with Crippen LogP contribution in [0, 0.1) is 12.8 Å². The lowest BCUT2D eigenvalue weighted by molar-refractivity contribution is 0.0689. The van der Waals surface area contributed by atoms with Crippen LogP contribution in [0.5, 0.6) is 0 Å². The smallest absolute Gasteiger partial charge is 0.354 e. The van der Waals surface area contributed by atoms with Crippen LogP contribution < -0.4 is 0 Å². The van der Waals surface area contributed by atoms with Gasteiger partial charge in [0.05, 0.1) is 6.20 Å². The van der Waals surface area contributed by atoms with Crippen molar-refractivity contribution in [2.24, 2.45) is 5.92 Å². The van der Waals surface area contributed by atoms with Crippen LogP contribution in [0.1, 0.15) is 59.9 Å². The summed E-state index contributed by atoms with van der Waals surface area (Å²) in [6.07, 6.45) is 3.07. The fraction of sp³-hybridized carbons (Fsp3) is 0.344. The summed E-state index contributed by atoms with van der Waals surface area (Å²) in [6.45, 7) is 12.9. The Morgan fingerprint density at radius 3 is 2.44 bits per heavy atom. The van der Waals surface area contributed by atoms with E-state index < -0.39 is 14.3 Å². The molecule has 7 heteroatoms. The van der Waals surface area contributed by atoms with Crippen LogP contribution in [0.15, 0.2) is 71.3 Å². The van der Waals surface area contributed by atoms with Crippen LogP contribution in [0.3, 0.4) is 0 Å². The van der Waals surface area contributed by atoms with E-state index in [0.717, 1.165) is 12.8 Å². The van der Waals surface area contributed by atoms with Crippen molar-refractivity contribution in [2.75, 3.05) is 0 Å². The number of aromatic nitrogens is 2. The zero-order chi connectivity index (χ0) is 27.9. The molecule has 1 N–H and O–H groups in total. The third-order valence-corrected chi connectivity index (χ3v) is 12.7. The minimum absolute atomic E-state index is 0.0139. The summed E-state index contributed by atoms with van der Waals surface area (Å²) in [4.78, 5) is 20.6. The number of hydrogen-bond acceptors (Lipinski definition) is 5. The van der Waals surface area contributed by atoms with Crippen LogP contribution in [-0.4, -0.2) is 29.4 Å². The molecule has 6 nitrogen and oxygen atoms in total. The number of pyridine rings is 1. The molecule has 0 spiro atoms. The van der Waals surface area contributed by atoms with Gasteiger partial charge >= 0.3 is 5.97 Å². The fourth-order valence-corrected chi connectivity index (χ4v) is 6.22.